The first-order chi connectivity index (χ1) is 6.66. The molecule has 74 valence electrons. The van der Waals surface area contributed by atoms with Crippen molar-refractivity contribution < 1.29 is 4.39 Å². The van der Waals surface area contributed by atoms with Crippen molar-refractivity contribution in [1.29, 1.82) is 0 Å². The fraction of sp³-hybridized carbons (Fsp3) is 0.364. The summed E-state index contributed by atoms with van der Waals surface area (Å²) < 4.78 is 13.0. The lowest BCUT2D eigenvalue weighted by atomic mass is 10.0. The van der Waals surface area contributed by atoms with Crippen LogP contribution in [0.15, 0.2) is 18.0 Å². The molecule has 0 radical (unpaired) electrons. The molecule has 1 aromatic heterocycles. The van der Waals surface area contributed by atoms with Gasteiger partial charge in [0.1, 0.15) is 5.83 Å². The standard InChI is InChI=1S/C11H12FNS/c1-7-11(14-8(2)13-7)9-4-3-5-10(12)6-9/h5-6H,3-4H2,1-2H3. The first-order valence-corrected chi connectivity index (χ1v) is 5.49. The minimum atomic E-state index is -0.114. The van der Waals surface area contributed by atoms with E-state index >= 15 is 0 Å². The van der Waals surface area contributed by atoms with Gasteiger partial charge in [-0.2, -0.15) is 0 Å². The van der Waals surface area contributed by atoms with Crippen molar-refractivity contribution in [2.24, 2.45) is 0 Å². The van der Waals surface area contributed by atoms with Gasteiger partial charge in [-0.3, -0.25) is 0 Å². The molecular weight excluding hydrogens is 197 g/mol. The van der Waals surface area contributed by atoms with Gasteiger partial charge in [0.05, 0.1) is 15.6 Å². The summed E-state index contributed by atoms with van der Waals surface area (Å²) in [5.74, 6) is -0.114. The van der Waals surface area contributed by atoms with E-state index in [2.05, 4.69) is 4.98 Å². The molecule has 0 saturated heterocycles. The molecular formula is C11H12FNS. The lowest BCUT2D eigenvalue weighted by Crippen LogP contribution is -1.89. The van der Waals surface area contributed by atoms with Gasteiger partial charge in [0, 0.05) is 0 Å². The Bertz CT molecular complexity index is 415. The molecule has 1 nitrogen and oxygen atoms in total. The Morgan fingerprint density at radius 2 is 2.21 bits per heavy atom. The molecule has 1 heterocycles. The van der Waals surface area contributed by atoms with Gasteiger partial charge in [0.2, 0.25) is 0 Å². The van der Waals surface area contributed by atoms with E-state index in [9.17, 15) is 4.39 Å². The highest BCUT2D eigenvalue weighted by Gasteiger charge is 2.12. The lowest BCUT2D eigenvalue weighted by molar-refractivity contribution is 0.655. The fourth-order valence-corrected chi connectivity index (χ4v) is 2.63. The molecule has 1 aliphatic rings. The van der Waals surface area contributed by atoms with E-state index in [4.69, 9.17) is 0 Å². The molecule has 0 aromatic carbocycles. The number of rotatable bonds is 1. The Kier molecular flexibility index (Phi) is 2.50. The zero-order valence-corrected chi connectivity index (χ0v) is 9.12. The SMILES string of the molecule is Cc1nc(C)c(C2=CC(F)=CCC2)s1. The molecule has 0 bridgehead atoms. The van der Waals surface area contributed by atoms with E-state index in [-0.39, 0.29) is 5.83 Å². The predicted octanol–water partition coefficient (Wildman–Crippen LogP) is 3.79. The number of allylic oxidation sites excluding steroid dienone is 4. The number of aromatic nitrogens is 1. The molecule has 0 aliphatic heterocycles. The van der Waals surface area contributed by atoms with Crippen molar-refractivity contribution in [1.82, 2.24) is 4.98 Å². The van der Waals surface area contributed by atoms with Crippen LogP contribution in [0.3, 0.4) is 0 Å². The second-order valence-corrected chi connectivity index (χ2v) is 4.65. The maximum Gasteiger partial charge on any atom is 0.119 e. The summed E-state index contributed by atoms with van der Waals surface area (Å²) in [4.78, 5) is 5.49. The summed E-state index contributed by atoms with van der Waals surface area (Å²) in [7, 11) is 0. The molecule has 3 heteroatoms. The smallest absolute Gasteiger partial charge is 0.119 e. The second-order valence-electron chi connectivity index (χ2n) is 3.44. The van der Waals surface area contributed by atoms with Crippen molar-refractivity contribution in [2.75, 3.05) is 0 Å². The normalized spacial score (nSPS) is 16.5. The molecule has 0 fully saturated rings. The number of thiazole rings is 1. The number of hydrogen-bond donors (Lipinski definition) is 0. The van der Waals surface area contributed by atoms with Gasteiger partial charge in [-0.1, -0.05) is 0 Å². The predicted molar refractivity (Wildman–Crippen MR) is 58.0 cm³/mol. The van der Waals surface area contributed by atoms with Crippen molar-refractivity contribution in [2.45, 2.75) is 26.7 Å². The number of nitrogens with zero attached hydrogens (tertiary/aromatic N) is 1. The van der Waals surface area contributed by atoms with Crippen LogP contribution >= 0.6 is 11.3 Å². The van der Waals surface area contributed by atoms with Crippen molar-refractivity contribution in [3.8, 4) is 0 Å². The summed E-state index contributed by atoms with van der Waals surface area (Å²) in [5, 5.41) is 1.05. The molecule has 0 amide bonds. The topological polar surface area (TPSA) is 12.9 Å². The van der Waals surface area contributed by atoms with Crippen molar-refractivity contribution in [3.63, 3.8) is 0 Å². The summed E-state index contributed by atoms with van der Waals surface area (Å²) in [6.45, 7) is 3.96. The first kappa shape index (κ1) is 9.59. The zero-order valence-electron chi connectivity index (χ0n) is 8.30. The average molecular weight is 209 g/mol. The Balaban J connectivity index is 2.40. The quantitative estimate of drug-likeness (QED) is 0.685. The Hall–Kier alpha value is -0.960. The van der Waals surface area contributed by atoms with Gasteiger partial charge in [-0.05, 0) is 44.4 Å². The fourth-order valence-electron chi connectivity index (χ4n) is 1.67. The van der Waals surface area contributed by atoms with Crippen LogP contribution in [0.25, 0.3) is 5.57 Å². The van der Waals surface area contributed by atoms with Crippen LogP contribution in [-0.2, 0) is 0 Å². The van der Waals surface area contributed by atoms with Crippen LogP contribution in [-0.4, -0.2) is 4.98 Å². The number of hydrogen-bond acceptors (Lipinski definition) is 2. The molecule has 0 saturated carbocycles. The average Bonchev–Trinajstić information content (AvgIpc) is 2.45. The summed E-state index contributed by atoms with van der Waals surface area (Å²) in [6.07, 6.45) is 4.99. The highest BCUT2D eigenvalue weighted by atomic mass is 32.1. The lowest BCUT2D eigenvalue weighted by Gasteiger charge is -2.08. The van der Waals surface area contributed by atoms with Gasteiger partial charge in [-0.15, -0.1) is 11.3 Å². The highest BCUT2D eigenvalue weighted by Crippen LogP contribution is 2.32. The van der Waals surface area contributed by atoms with E-state index in [1.165, 1.54) is 0 Å². The minimum absolute atomic E-state index is 0.114. The Morgan fingerprint density at radius 1 is 1.43 bits per heavy atom. The van der Waals surface area contributed by atoms with Crippen LogP contribution < -0.4 is 0 Å². The van der Waals surface area contributed by atoms with E-state index < -0.39 is 0 Å². The largest absolute Gasteiger partial charge is 0.246 e. The Morgan fingerprint density at radius 3 is 2.79 bits per heavy atom. The molecule has 1 aromatic rings. The monoisotopic (exact) mass is 209 g/mol. The minimum Gasteiger partial charge on any atom is -0.246 e. The highest BCUT2D eigenvalue weighted by molar-refractivity contribution is 7.12. The first-order valence-electron chi connectivity index (χ1n) is 4.67. The molecule has 2 rings (SSSR count). The summed E-state index contributed by atoms with van der Waals surface area (Å²) in [5.41, 5.74) is 2.11. The van der Waals surface area contributed by atoms with E-state index in [0.717, 1.165) is 34.0 Å². The zero-order chi connectivity index (χ0) is 10.1. The van der Waals surface area contributed by atoms with Gasteiger partial charge < -0.3 is 0 Å². The molecule has 1 aliphatic carbocycles. The van der Waals surface area contributed by atoms with Gasteiger partial charge in [0.25, 0.3) is 0 Å². The van der Waals surface area contributed by atoms with Crippen molar-refractivity contribution in [3.05, 3.63) is 33.6 Å². The number of halogens is 1. The number of aryl methyl sites for hydroxylation is 2. The van der Waals surface area contributed by atoms with E-state index in [0.29, 0.717) is 0 Å². The summed E-state index contributed by atoms with van der Waals surface area (Å²) >= 11 is 1.65. The molecule has 14 heavy (non-hydrogen) atoms. The third-order valence-electron chi connectivity index (χ3n) is 2.26. The van der Waals surface area contributed by atoms with E-state index in [1.54, 1.807) is 23.5 Å². The van der Waals surface area contributed by atoms with Gasteiger partial charge in [-0.25, -0.2) is 9.37 Å². The van der Waals surface area contributed by atoms with Crippen LogP contribution in [0.1, 0.15) is 28.4 Å². The van der Waals surface area contributed by atoms with E-state index in [1.807, 2.05) is 13.8 Å². The van der Waals surface area contributed by atoms with Crippen LogP contribution in [0.5, 0.6) is 0 Å². The maximum atomic E-state index is 13.0. The van der Waals surface area contributed by atoms with Crippen LogP contribution in [0.2, 0.25) is 0 Å². The second kappa shape index (κ2) is 3.65. The third kappa shape index (κ3) is 1.77. The molecule has 0 atom stereocenters. The van der Waals surface area contributed by atoms with Crippen molar-refractivity contribution >= 4 is 16.9 Å². The molecule has 0 spiro atoms. The third-order valence-corrected chi connectivity index (χ3v) is 3.41. The van der Waals surface area contributed by atoms with Gasteiger partial charge >= 0.3 is 0 Å². The Labute approximate surface area is 87.0 Å². The molecule has 0 unspecified atom stereocenters. The van der Waals surface area contributed by atoms with Crippen LogP contribution in [0.4, 0.5) is 4.39 Å². The molecule has 0 N–H and O–H groups in total. The van der Waals surface area contributed by atoms with Crippen LogP contribution in [0, 0.1) is 13.8 Å². The van der Waals surface area contributed by atoms with Gasteiger partial charge in [0.15, 0.2) is 0 Å². The maximum absolute atomic E-state index is 13.0. The summed E-state index contributed by atoms with van der Waals surface area (Å²) in [6, 6.07) is 0.